The molecule has 18 heavy (non-hydrogen) atoms. The van der Waals surface area contributed by atoms with Crippen LogP contribution in [-0.2, 0) is 6.54 Å². The third kappa shape index (κ3) is 3.39. The van der Waals surface area contributed by atoms with Crippen molar-refractivity contribution in [3.63, 3.8) is 0 Å². The number of anilines is 1. The first-order valence-corrected chi connectivity index (χ1v) is 7.01. The SMILES string of the molecule is CN(c1c(Cl)cccc1CNC(C)(C)C)C1CC1. The summed E-state index contributed by atoms with van der Waals surface area (Å²) in [6, 6.07) is 6.86. The molecule has 1 aromatic carbocycles. The standard InChI is InChI=1S/C15H23ClN2/c1-15(2,3)17-10-11-6-5-7-13(16)14(11)18(4)12-8-9-12/h5-7,12,17H,8-10H2,1-4H3. The molecule has 2 rings (SSSR count). The molecule has 1 aliphatic rings. The molecule has 0 aliphatic heterocycles. The lowest BCUT2D eigenvalue weighted by atomic mass is 10.1. The molecule has 0 spiro atoms. The highest BCUT2D eigenvalue weighted by molar-refractivity contribution is 6.33. The van der Waals surface area contributed by atoms with Crippen LogP contribution in [0.15, 0.2) is 18.2 Å². The first-order valence-electron chi connectivity index (χ1n) is 6.64. The third-order valence-electron chi connectivity index (χ3n) is 3.33. The van der Waals surface area contributed by atoms with E-state index in [0.717, 1.165) is 11.6 Å². The van der Waals surface area contributed by atoms with Crippen molar-refractivity contribution in [1.29, 1.82) is 0 Å². The fourth-order valence-electron chi connectivity index (χ4n) is 2.10. The molecular formula is C15H23ClN2. The van der Waals surface area contributed by atoms with Crippen LogP contribution < -0.4 is 10.2 Å². The smallest absolute Gasteiger partial charge is 0.0642 e. The lowest BCUT2D eigenvalue weighted by molar-refractivity contribution is 0.424. The highest BCUT2D eigenvalue weighted by Crippen LogP contribution is 2.36. The number of hydrogen-bond donors (Lipinski definition) is 1. The molecule has 1 fully saturated rings. The second kappa shape index (κ2) is 5.10. The summed E-state index contributed by atoms with van der Waals surface area (Å²) in [5, 5.41) is 4.39. The maximum absolute atomic E-state index is 6.38. The number of nitrogens with one attached hydrogen (secondary N) is 1. The summed E-state index contributed by atoms with van der Waals surface area (Å²) in [7, 11) is 2.15. The van der Waals surface area contributed by atoms with E-state index in [1.807, 2.05) is 12.1 Å². The van der Waals surface area contributed by atoms with E-state index < -0.39 is 0 Å². The first-order chi connectivity index (χ1) is 8.38. The zero-order valence-corrected chi connectivity index (χ0v) is 12.5. The summed E-state index contributed by atoms with van der Waals surface area (Å²) in [4.78, 5) is 2.34. The number of nitrogens with zero attached hydrogens (tertiary/aromatic N) is 1. The van der Waals surface area contributed by atoms with Crippen molar-refractivity contribution in [2.75, 3.05) is 11.9 Å². The van der Waals surface area contributed by atoms with Gasteiger partial charge in [0.15, 0.2) is 0 Å². The van der Waals surface area contributed by atoms with Crippen LogP contribution in [0.4, 0.5) is 5.69 Å². The van der Waals surface area contributed by atoms with Crippen LogP contribution in [0.2, 0.25) is 5.02 Å². The van der Waals surface area contributed by atoms with Crippen molar-refractivity contribution < 1.29 is 0 Å². The zero-order chi connectivity index (χ0) is 13.3. The Morgan fingerprint density at radius 1 is 1.33 bits per heavy atom. The predicted octanol–water partition coefficient (Wildman–Crippen LogP) is 3.83. The molecule has 0 radical (unpaired) electrons. The second-order valence-electron chi connectivity index (χ2n) is 6.19. The lowest BCUT2D eigenvalue weighted by Crippen LogP contribution is -2.35. The molecule has 0 bridgehead atoms. The van der Waals surface area contributed by atoms with Crippen LogP contribution in [0, 0.1) is 0 Å². The summed E-state index contributed by atoms with van der Waals surface area (Å²) >= 11 is 6.38. The number of hydrogen-bond acceptors (Lipinski definition) is 2. The van der Waals surface area contributed by atoms with Gasteiger partial charge in [-0.05, 0) is 45.2 Å². The number of halogens is 1. The van der Waals surface area contributed by atoms with E-state index in [1.165, 1.54) is 24.1 Å². The number of benzene rings is 1. The second-order valence-corrected chi connectivity index (χ2v) is 6.60. The summed E-state index contributed by atoms with van der Waals surface area (Å²) in [5.41, 5.74) is 2.60. The Hall–Kier alpha value is -0.730. The quantitative estimate of drug-likeness (QED) is 0.891. The monoisotopic (exact) mass is 266 g/mol. The molecule has 1 aromatic rings. The fraction of sp³-hybridized carbons (Fsp3) is 0.600. The van der Waals surface area contributed by atoms with E-state index in [-0.39, 0.29) is 5.54 Å². The van der Waals surface area contributed by atoms with Gasteiger partial charge in [-0.15, -0.1) is 0 Å². The topological polar surface area (TPSA) is 15.3 Å². The Kier molecular flexibility index (Phi) is 3.88. The van der Waals surface area contributed by atoms with Gasteiger partial charge in [-0.1, -0.05) is 23.7 Å². The van der Waals surface area contributed by atoms with Gasteiger partial charge in [-0.3, -0.25) is 0 Å². The Labute approximate surface area is 115 Å². The van der Waals surface area contributed by atoms with Gasteiger partial charge in [-0.2, -0.15) is 0 Å². The summed E-state index contributed by atoms with van der Waals surface area (Å²) in [5.74, 6) is 0. The predicted molar refractivity (Wildman–Crippen MR) is 79.5 cm³/mol. The molecule has 0 unspecified atom stereocenters. The molecular weight excluding hydrogens is 244 g/mol. The molecule has 0 heterocycles. The van der Waals surface area contributed by atoms with Crippen molar-refractivity contribution in [3.05, 3.63) is 28.8 Å². The van der Waals surface area contributed by atoms with Gasteiger partial charge in [0.2, 0.25) is 0 Å². The Morgan fingerprint density at radius 2 is 2.00 bits per heavy atom. The van der Waals surface area contributed by atoms with E-state index in [2.05, 4.69) is 44.1 Å². The van der Waals surface area contributed by atoms with Crippen LogP contribution >= 0.6 is 11.6 Å². The van der Waals surface area contributed by atoms with Gasteiger partial charge in [0.25, 0.3) is 0 Å². The zero-order valence-electron chi connectivity index (χ0n) is 11.8. The Bertz CT molecular complexity index is 419. The van der Waals surface area contributed by atoms with Crippen molar-refractivity contribution in [2.45, 2.75) is 51.7 Å². The molecule has 1 N–H and O–H groups in total. The Balaban J connectivity index is 2.20. The summed E-state index contributed by atoms with van der Waals surface area (Å²) < 4.78 is 0. The van der Waals surface area contributed by atoms with Gasteiger partial charge in [0.05, 0.1) is 10.7 Å². The summed E-state index contributed by atoms with van der Waals surface area (Å²) in [6.45, 7) is 7.40. The van der Waals surface area contributed by atoms with Crippen LogP contribution in [0.25, 0.3) is 0 Å². The minimum atomic E-state index is 0.123. The average Bonchev–Trinajstić information content (AvgIpc) is 3.08. The molecule has 3 heteroatoms. The average molecular weight is 267 g/mol. The molecule has 2 nitrogen and oxygen atoms in total. The van der Waals surface area contributed by atoms with Crippen molar-refractivity contribution in [1.82, 2.24) is 5.32 Å². The van der Waals surface area contributed by atoms with Gasteiger partial charge >= 0.3 is 0 Å². The van der Waals surface area contributed by atoms with Gasteiger partial charge in [0, 0.05) is 25.2 Å². The lowest BCUT2D eigenvalue weighted by Gasteiger charge is -2.26. The molecule has 0 amide bonds. The molecule has 1 saturated carbocycles. The highest BCUT2D eigenvalue weighted by Gasteiger charge is 2.28. The van der Waals surface area contributed by atoms with E-state index in [9.17, 15) is 0 Å². The number of rotatable bonds is 4. The molecule has 0 saturated heterocycles. The van der Waals surface area contributed by atoms with Gasteiger partial charge in [0.1, 0.15) is 0 Å². The highest BCUT2D eigenvalue weighted by atomic mass is 35.5. The molecule has 1 aliphatic carbocycles. The van der Waals surface area contributed by atoms with Crippen LogP contribution in [-0.4, -0.2) is 18.6 Å². The molecule has 100 valence electrons. The molecule has 0 atom stereocenters. The maximum Gasteiger partial charge on any atom is 0.0642 e. The van der Waals surface area contributed by atoms with Crippen LogP contribution in [0.5, 0.6) is 0 Å². The van der Waals surface area contributed by atoms with Crippen LogP contribution in [0.3, 0.4) is 0 Å². The maximum atomic E-state index is 6.38. The Morgan fingerprint density at radius 3 is 2.56 bits per heavy atom. The van der Waals surface area contributed by atoms with E-state index >= 15 is 0 Å². The van der Waals surface area contributed by atoms with Crippen molar-refractivity contribution in [2.24, 2.45) is 0 Å². The van der Waals surface area contributed by atoms with Crippen molar-refractivity contribution >= 4 is 17.3 Å². The van der Waals surface area contributed by atoms with E-state index in [1.54, 1.807) is 0 Å². The van der Waals surface area contributed by atoms with E-state index in [0.29, 0.717) is 6.04 Å². The third-order valence-corrected chi connectivity index (χ3v) is 3.63. The minimum Gasteiger partial charge on any atom is -0.370 e. The van der Waals surface area contributed by atoms with E-state index in [4.69, 9.17) is 11.6 Å². The minimum absolute atomic E-state index is 0.123. The van der Waals surface area contributed by atoms with Crippen LogP contribution in [0.1, 0.15) is 39.2 Å². The molecule has 0 aromatic heterocycles. The normalized spacial score (nSPS) is 15.8. The van der Waals surface area contributed by atoms with Crippen molar-refractivity contribution in [3.8, 4) is 0 Å². The first kappa shape index (κ1) is 13.7. The largest absolute Gasteiger partial charge is 0.370 e. The van der Waals surface area contributed by atoms with Gasteiger partial charge in [-0.25, -0.2) is 0 Å². The fourth-order valence-corrected chi connectivity index (χ4v) is 2.43. The number of para-hydroxylation sites is 1. The summed E-state index contributed by atoms with van der Waals surface area (Å²) in [6.07, 6.45) is 2.57. The van der Waals surface area contributed by atoms with Gasteiger partial charge < -0.3 is 10.2 Å².